The van der Waals surface area contributed by atoms with E-state index in [0.29, 0.717) is 24.2 Å². The quantitative estimate of drug-likeness (QED) is 0.855. The predicted octanol–water partition coefficient (Wildman–Crippen LogP) is 2.04. The van der Waals surface area contributed by atoms with Gasteiger partial charge in [0.15, 0.2) is 0 Å². The highest BCUT2D eigenvalue weighted by molar-refractivity contribution is 5.83. The van der Waals surface area contributed by atoms with Crippen LogP contribution < -0.4 is 10.3 Å². The standard InChI is InChI=1S/C19H24N2O4/c1-13-10-21(12-19(2,3)25-13)17(22)11-20-8-7-14-5-6-15(24-4)9-16(14)18(20)23/h5-9,13H,10-12H2,1-4H3. The van der Waals surface area contributed by atoms with E-state index in [0.717, 1.165) is 5.39 Å². The molecule has 134 valence electrons. The zero-order chi connectivity index (χ0) is 18.2. The largest absolute Gasteiger partial charge is 0.497 e. The summed E-state index contributed by atoms with van der Waals surface area (Å²) in [4.78, 5) is 27.2. The summed E-state index contributed by atoms with van der Waals surface area (Å²) in [6, 6.07) is 7.20. The number of ether oxygens (including phenoxy) is 2. The topological polar surface area (TPSA) is 60.8 Å². The molecule has 0 N–H and O–H groups in total. The van der Waals surface area contributed by atoms with E-state index in [9.17, 15) is 9.59 Å². The molecular weight excluding hydrogens is 320 g/mol. The van der Waals surface area contributed by atoms with Crippen molar-refractivity contribution in [1.82, 2.24) is 9.47 Å². The van der Waals surface area contributed by atoms with Crippen molar-refractivity contribution < 1.29 is 14.3 Å². The molecule has 0 saturated carbocycles. The Bertz CT molecular complexity index is 856. The first-order chi connectivity index (χ1) is 11.8. The zero-order valence-corrected chi connectivity index (χ0v) is 15.1. The number of nitrogens with zero attached hydrogens (tertiary/aromatic N) is 2. The Morgan fingerprint density at radius 2 is 2.12 bits per heavy atom. The molecule has 1 amide bonds. The highest BCUT2D eigenvalue weighted by atomic mass is 16.5. The van der Waals surface area contributed by atoms with Crippen LogP contribution in [0.4, 0.5) is 0 Å². The van der Waals surface area contributed by atoms with Gasteiger partial charge in [-0.15, -0.1) is 0 Å². The zero-order valence-electron chi connectivity index (χ0n) is 15.1. The summed E-state index contributed by atoms with van der Waals surface area (Å²) in [7, 11) is 1.56. The van der Waals surface area contributed by atoms with E-state index in [4.69, 9.17) is 9.47 Å². The van der Waals surface area contributed by atoms with Crippen LogP contribution in [0.5, 0.6) is 5.75 Å². The molecule has 2 aromatic rings. The van der Waals surface area contributed by atoms with Crippen LogP contribution in [0.25, 0.3) is 10.8 Å². The first-order valence-corrected chi connectivity index (χ1v) is 8.42. The molecule has 0 aliphatic carbocycles. The molecule has 25 heavy (non-hydrogen) atoms. The van der Waals surface area contributed by atoms with Crippen LogP contribution in [0, 0.1) is 0 Å². The number of aromatic nitrogens is 1. The number of benzene rings is 1. The van der Waals surface area contributed by atoms with E-state index in [-0.39, 0.29) is 29.7 Å². The molecule has 1 unspecified atom stereocenters. The second-order valence-corrected chi connectivity index (χ2v) is 7.16. The maximum atomic E-state index is 12.7. The Kier molecular flexibility index (Phi) is 4.56. The summed E-state index contributed by atoms with van der Waals surface area (Å²) in [5.41, 5.74) is -0.569. The van der Waals surface area contributed by atoms with Crippen LogP contribution in [-0.4, -0.2) is 47.3 Å². The highest BCUT2D eigenvalue weighted by Crippen LogP contribution is 2.21. The molecule has 2 heterocycles. The number of fused-ring (bicyclic) bond motifs is 1. The van der Waals surface area contributed by atoms with Gasteiger partial charge in [-0.2, -0.15) is 0 Å². The lowest BCUT2D eigenvalue weighted by Crippen LogP contribution is -2.54. The van der Waals surface area contributed by atoms with Crippen LogP contribution >= 0.6 is 0 Å². The van der Waals surface area contributed by atoms with Crippen LogP contribution in [0.2, 0.25) is 0 Å². The minimum absolute atomic E-state index is 0.0226. The van der Waals surface area contributed by atoms with Crippen molar-refractivity contribution >= 4 is 16.7 Å². The number of hydrogen-bond donors (Lipinski definition) is 0. The van der Waals surface area contributed by atoms with E-state index >= 15 is 0 Å². The van der Waals surface area contributed by atoms with Crippen LogP contribution in [0.1, 0.15) is 20.8 Å². The fourth-order valence-electron chi connectivity index (χ4n) is 3.40. The molecule has 1 fully saturated rings. The molecule has 1 aromatic carbocycles. The Hall–Kier alpha value is -2.34. The number of carbonyl (C=O) groups excluding carboxylic acids is 1. The van der Waals surface area contributed by atoms with Gasteiger partial charge in [-0.25, -0.2) is 0 Å². The lowest BCUT2D eigenvalue weighted by molar-refractivity contribution is -0.158. The highest BCUT2D eigenvalue weighted by Gasteiger charge is 2.33. The normalized spacial score (nSPS) is 19.8. The molecule has 3 rings (SSSR count). The van der Waals surface area contributed by atoms with E-state index in [1.54, 1.807) is 24.3 Å². The van der Waals surface area contributed by atoms with Gasteiger partial charge in [0.25, 0.3) is 5.56 Å². The average Bonchev–Trinajstić information content (AvgIpc) is 2.55. The third kappa shape index (κ3) is 3.69. The monoisotopic (exact) mass is 344 g/mol. The SMILES string of the molecule is COc1ccc2ccn(CC(=O)N3CC(C)OC(C)(C)C3)c(=O)c2c1. The summed E-state index contributed by atoms with van der Waals surface area (Å²) in [5, 5.41) is 1.38. The number of morpholine rings is 1. The fourth-order valence-corrected chi connectivity index (χ4v) is 3.40. The second kappa shape index (κ2) is 6.52. The Morgan fingerprint density at radius 3 is 2.80 bits per heavy atom. The van der Waals surface area contributed by atoms with Crippen LogP contribution in [0.3, 0.4) is 0 Å². The molecule has 1 saturated heterocycles. The summed E-state index contributed by atoms with van der Waals surface area (Å²) in [6.45, 7) is 6.98. The van der Waals surface area contributed by atoms with Crippen molar-refractivity contribution in [2.24, 2.45) is 0 Å². The average molecular weight is 344 g/mol. The molecule has 6 nitrogen and oxygen atoms in total. The van der Waals surface area contributed by atoms with Crippen molar-refractivity contribution in [2.75, 3.05) is 20.2 Å². The third-order valence-corrected chi connectivity index (χ3v) is 4.41. The fraction of sp³-hybridized carbons (Fsp3) is 0.474. The Labute approximate surface area is 146 Å². The maximum Gasteiger partial charge on any atom is 0.259 e. The smallest absolute Gasteiger partial charge is 0.259 e. The van der Waals surface area contributed by atoms with Gasteiger partial charge in [0.05, 0.1) is 24.2 Å². The molecular formula is C19H24N2O4. The number of rotatable bonds is 3. The molecule has 0 radical (unpaired) electrons. The lowest BCUT2D eigenvalue weighted by atomic mass is 10.1. The molecule has 0 spiro atoms. The van der Waals surface area contributed by atoms with Gasteiger partial charge >= 0.3 is 0 Å². The second-order valence-electron chi connectivity index (χ2n) is 7.16. The number of methoxy groups -OCH3 is 1. The Morgan fingerprint density at radius 1 is 1.36 bits per heavy atom. The first-order valence-electron chi connectivity index (χ1n) is 8.42. The summed E-state index contributed by atoms with van der Waals surface area (Å²) >= 11 is 0. The van der Waals surface area contributed by atoms with Gasteiger partial charge < -0.3 is 18.9 Å². The van der Waals surface area contributed by atoms with Gasteiger partial charge in [-0.1, -0.05) is 6.07 Å². The summed E-state index contributed by atoms with van der Waals surface area (Å²) < 4.78 is 12.5. The van der Waals surface area contributed by atoms with Crippen LogP contribution in [0.15, 0.2) is 35.3 Å². The minimum atomic E-state index is -0.380. The van der Waals surface area contributed by atoms with Crippen molar-refractivity contribution in [1.29, 1.82) is 0 Å². The van der Waals surface area contributed by atoms with E-state index in [1.807, 2.05) is 39.0 Å². The van der Waals surface area contributed by atoms with Crippen molar-refractivity contribution in [2.45, 2.75) is 39.0 Å². The molecule has 1 atom stereocenters. The lowest BCUT2D eigenvalue weighted by Gasteiger charge is -2.41. The number of pyridine rings is 1. The van der Waals surface area contributed by atoms with Crippen molar-refractivity contribution in [3.8, 4) is 5.75 Å². The van der Waals surface area contributed by atoms with Gasteiger partial charge in [0, 0.05) is 19.3 Å². The third-order valence-electron chi connectivity index (χ3n) is 4.41. The molecule has 1 aliphatic rings. The minimum Gasteiger partial charge on any atom is -0.497 e. The van der Waals surface area contributed by atoms with E-state index in [2.05, 4.69) is 0 Å². The predicted molar refractivity (Wildman–Crippen MR) is 96.0 cm³/mol. The van der Waals surface area contributed by atoms with Crippen molar-refractivity contribution in [3.63, 3.8) is 0 Å². The van der Waals surface area contributed by atoms with Crippen LogP contribution in [-0.2, 0) is 16.1 Å². The van der Waals surface area contributed by atoms with Crippen molar-refractivity contribution in [3.05, 3.63) is 40.8 Å². The van der Waals surface area contributed by atoms with Gasteiger partial charge in [0.2, 0.25) is 5.91 Å². The molecule has 1 aliphatic heterocycles. The maximum absolute atomic E-state index is 12.7. The molecule has 0 bridgehead atoms. The van der Waals surface area contributed by atoms with E-state index < -0.39 is 0 Å². The Balaban J connectivity index is 1.86. The molecule has 6 heteroatoms. The molecule has 1 aromatic heterocycles. The summed E-state index contributed by atoms with van der Waals surface area (Å²) in [6.07, 6.45) is 1.65. The number of carbonyl (C=O) groups is 1. The van der Waals surface area contributed by atoms with E-state index in [1.165, 1.54) is 4.57 Å². The number of amides is 1. The van der Waals surface area contributed by atoms with Gasteiger partial charge in [-0.05, 0) is 44.4 Å². The van der Waals surface area contributed by atoms with Gasteiger partial charge in [0.1, 0.15) is 12.3 Å². The number of hydrogen-bond acceptors (Lipinski definition) is 4. The summed E-state index contributed by atoms with van der Waals surface area (Å²) in [5.74, 6) is 0.546. The van der Waals surface area contributed by atoms with Gasteiger partial charge in [-0.3, -0.25) is 9.59 Å². The first kappa shape index (κ1) is 17.5.